The molecule has 1 aliphatic carbocycles. The molecule has 0 unspecified atom stereocenters. The van der Waals surface area contributed by atoms with Crippen molar-refractivity contribution in [1.29, 1.82) is 0 Å². The van der Waals surface area contributed by atoms with Crippen molar-refractivity contribution in [3.63, 3.8) is 0 Å². The summed E-state index contributed by atoms with van der Waals surface area (Å²) in [6.45, 7) is 9.33. The molecule has 3 atom stereocenters. The molecule has 1 fully saturated rings. The first-order chi connectivity index (χ1) is 11.9. The number of rotatable bonds is 5. The number of allylic oxidation sites excluding steroid dienone is 3. The van der Waals surface area contributed by atoms with Crippen LogP contribution in [0.15, 0.2) is 47.6 Å². The van der Waals surface area contributed by atoms with Gasteiger partial charge in [0, 0.05) is 24.0 Å². The Balaban J connectivity index is 2.38. The minimum Gasteiger partial charge on any atom is -0.454 e. The fourth-order valence-corrected chi connectivity index (χ4v) is 3.32. The first-order valence-corrected chi connectivity index (χ1v) is 8.44. The van der Waals surface area contributed by atoms with E-state index in [2.05, 4.69) is 13.2 Å². The van der Waals surface area contributed by atoms with Crippen molar-refractivity contribution < 1.29 is 24.2 Å². The normalized spacial score (nSPS) is 31.0. The van der Waals surface area contributed by atoms with Crippen molar-refractivity contribution in [3.8, 4) is 0 Å². The molecule has 0 bridgehead atoms. The standard InChI is InChI=1S/C20H24O5/c1-12-5-4-6-15(11-22)9-18-17(14(3)20(24)25-18)10-16(12)19(23)13(2)7-8-21/h5,9,11,16-18,21H,2-4,6-8,10H2,1H3/b12-5+,15-9-/t16-,17-,18-/m1/s1. The minimum atomic E-state index is -0.576. The molecule has 1 N–H and O–H groups in total. The van der Waals surface area contributed by atoms with Gasteiger partial charge in [0.15, 0.2) is 5.78 Å². The Morgan fingerprint density at radius 1 is 1.48 bits per heavy atom. The molecule has 2 aliphatic rings. The zero-order valence-electron chi connectivity index (χ0n) is 14.5. The van der Waals surface area contributed by atoms with Crippen LogP contribution in [0.2, 0.25) is 0 Å². The van der Waals surface area contributed by atoms with Crippen LogP contribution >= 0.6 is 0 Å². The molecule has 0 aromatic rings. The van der Waals surface area contributed by atoms with Gasteiger partial charge in [-0.05, 0) is 49.8 Å². The largest absolute Gasteiger partial charge is 0.454 e. The van der Waals surface area contributed by atoms with Crippen LogP contribution in [0.3, 0.4) is 0 Å². The summed E-state index contributed by atoms with van der Waals surface area (Å²) in [4.78, 5) is 36.0. The van der Waals surface area contributed by atoms with Crippen molar-refractivity contribution in [3.05, 3.63) is 47.6 Å². The molecule has 0 spiro atoms. The predicted molar refractivity (Wildman–Crippen MR) is 93.6 cm³/mol. The Kier molecular flexibility index (Phi) is 6.26. The maximum absolute atomic E-state index is 12.8. The van der Waals surface area contributed by atoms with E-state index >= 15 is 0 Å². The third-order valence-corrected chi connectivity index (χ3v) is 4.90. The summed E-state index contributed by atoms with van der Waals surface area (Å²) in [6, 6.07) is 0. The molecular formula is C20H24O5. The molecule has 25 heavy (non-hydrogen) atoms. The summed E-state index contributed by atoms with van der Waals surface area (Å²) in [5, 5.41) is 9.07. The lowest BCUT2D eigenvalue weighted by atomic mass is 9.78. The van der Waals surface area contributed by atoms with E-state index < -0.39 is 18.0 Å². The Bertz CT molecular complexity index is 668. The van der Waals surface area contributed by atoms with Gasteiger partial charge in [-0.15, -0.1) is 0 Å². The molecule has 1 saturated heterocycles. The second-order valence-corrected chi connectivity index (χ2v) is 6.58. The van der Waals surface area contributed by atoms with Crippen molar-refractivity contribution in [2.24, 2.45) is 11.8 Å². The number of ether oxygens (including phenoxy) is 1. The molecule has 134 valence electrons. The highest BCUT2D eigenvalue weighted by Crippen LogP contribution is 2.37. The maximum atomic E-state index is 12.8. The second-order valence-electron chi connectivity index (χ2n) is 6.58. The van der Waals surface area contributed by atoms with Gasteiger partial charge in [-0.25, -0.2) is 4.79 Å². The van der Waals surface area contributed by atoms with Crippen molar-refractivity contribution in [1.82, 2.24) is 0 Å². The molecule has 5 heteroatoms. The Labute approximate surface area is 147 Å². The maximum Gasteiger partial charge on any atom is 0.334 e. The third-order valence-electron chi connectivity index (χ3n) is 4.90. The van der Waals surface area contributed by atoms with Crippen LogP contribution in [0.1, 0.15) is 32.6 Å². The van der Waals surface area contributed by atoms with Gasteiger partial charge in [-0.3, -0.25) is 9.59 Å². The van der Waals surface area contributed by atoms with Gasteiger partial charge < -0.3 is 9.84 Å². The zero-order valence-corrected chi connectivity index (χ0v) is 14.5. The lowest BCUT2D eigenvalue weighted by Gasteiger charge is -2.24. The highest BCUT2D eigenvalue weighted by Gasteiger charge is 2.40. The Morgan fingerprint density at radius 3 is 2.84 bits per heavy atom. The van der Waals surface area contributed by atoms with E-state index in [1.165, 1.54) is 0 Å². The lowest BCUT2D eigenvalue weighted by molar-refractivity contribution is -0.137. The third kappa shape index (κ3) is 4.23. The van der Waals surface area contributed by atoms with E-state index in [-0.39, 0.29) is 24.7 Å². The van der Waals surface area contributed by atoms with Gasteiger partial charge in [-0.2, -0.15) is 0 Å². The SMILES string of the molecule is C=C(CCO)C(=O)[C@@H]1C[C@@H]2C(=C)C(=O)O[C@@H]2/C=C(\C=O)CC/C=C/1C. The monoisotopic (exact) mass is 344 g/mol. The van der Waals surface area contributed by atoms with Crippen LogP contribution in [0.4, 0.5) is 0 Å². The Morgan fingerprint density at radius 2 is 2.20 bits per heavy atom. The number of hydrogen-bond donors (Lipinski definition) is 1. The molecule has 1 heterocycles. The van der Waals surface area contributed by atoms with Gasteiger partial charge in [-0.1, -0.05) is 24.8 Å². The van der Waals surface area contributed by atoms with Crippen LogP contribution in [0.5, 0.6) is 0 Å². The van der Waals surface area contributed by atoms with Crippen molar-refractivity contribution in [2.75, 3.05) is 6.61 Å². The van der Waals surface area contributed by atoms with Gasteiger partial charge >= 0.3 is 5.97 Å². The summed E-state index contributed by atoms with van der Waals surface area (Å²) in [7, 11) is 0. The van der Waals surface area contributed by atoms with Crippen molar-refractivity contribution >= 4 is 18.0 Å². The van der Waals surface area contributed by atoms with Gasteiger partial charge in [0.1, 0.15) is 12.4 Å². The number of Topliss-reactive ketones (excluding diaryl/α,β-unsaturated/α-hetero) is 1. The van der Waals surface area contributed by atoms with Gasteiger partial charge in [0.2, 0.25) is 0 Å². The van der Waals surface area contributed by atoms with E-state index in [0.29, 0.717) is 36.0 Å². The molecule has 0 aromatic carbocycles. The number of ketones is 1. The molecule has 0 aromatic heterocycles. The molecule has 0 radical (unpaired) electrons. The second kappa shape index (κ2) is 8.21. The highest BCUT2D eigenvalue weighted by molar-refractivity contribution is 5.98. The molecule has 0 saturated carbocycles. The number of aliphatic hydroxyl groups excluding tert-OH is 1. The number of aliphatic hydroxyl groups is 1. The fraction of sp³-hybridized carbons (Fsp3) is 0.450. The minimum absolute atomic E-state index is 0.131. The molecule has 2 rings (SSSR count). The van der Waals surface area contributed by atoms with Crippen LogP contribution in [-0.2, 0) is 19.1 Å². The van der Waals surface area contributed by atoms with E-state index in [0.717, 1.165) is 11.9 Å². The van der Waals surface area contributed by atoms with Crippen LogP contribution in [0.25, 0.3) is 0 Å². The van der Waals surface area contributed by atoms with Crippen LogP contribution < -0.4 is 0 Å². The van der Waals surface area contributed by atoms with Gasteiger partial charge in [0.25, 0.3) is 0 Å². The average Bonchev–Trinajstić information content (AvgIpc) is 2.85. The molecule has 5 nitrogen and oxygen atoms in total. The van der Waals surface area contributed by atoms with Crippen LogP contribution in [0, 0.1) is 11.8 Å². The van der Waals surface area contributed by atoms with E-state index in [1.807, 2.05) is 13.0 Å². The first-order valence-electron chi connectivity index (χ1n) is 8.44. The quantitative estimate of drug-likeness (QED) is 0.359. The zero-order chi connectivity index (χ0) is 18.6. The highest BCUT2D eigenvalue weighted by atomic mass is 16.5. The average molecular weight is 344 g/mol. The lowest BCUT2D eigenvalue weighted by Crippen LogP contribution is -2.26. The molecular weight excluding hydrogens is 320 g/mol. The van der Waals surface area contributed by atoms with E-state index in [9.17, 15) is 14.4 Å². The fourth-order valence-electron chi connectivity index (χ4n) is 3.32. The number of fused-ring (bicyclic) bond motifs is 1. The van der Waals surface area contributed by atoms with Gasteiger partial charge in [0.05, 0.1) is 0 Å². The molecule has 1 aliphatic heterocycles. The number of hydrogen-bond acceptors (Lipinski definition) is 5. The first kappa shape index (κ1) is 19.1. The number of aldehydes is 1. The number of carbonyl (C=O) groups excluding carboxylic acids is 3. The predicted octanol–water partition coefficient (Wildman–Crippen LogP) is 2.46. The summed E-state index contributed by atoms with van der Waals surface area (Å²) >= 11 is 0. The van der Waals surface area contributed by atoms with E-state index in [1.54, 1.807) is 6.08 Å². The van der Waals surface area contributed by atoms with Crippen molar-refractivity contribution in [2.45, 2.75) is 38.7 Å². The van der Waals surface area contributed by atoms with Crippen LogP contribution in [-0.4, -0.2) is 35.9 Å². The smallest absolute Gasteiger partial charge is 0.334 e. The summed E-state index contributed by atoms with van der Waals surface area (Å²) < 4.78 is 5.35. The molecule has 0 amide bonds. The summed E-state index contributed by atoms with van der Waals surface area (Å²) in [5.41, 5.74) is 2.15. The topological polar surface area (TPSA) is 80.7 Å². The summed E-state index contributed by atoms with van der Waals surface area (Å²) in [5.74, 6) is -1.42. The number of esters is 1. The number of carbonyl (C=O) groups is 3. The summed E-state index contributed by atoms with van der Waals surface area (Å²) in [6.07, 6.45) is 5.56. The van der Waals surface area contributed by atoms with E-state index in [4.69, 9.17) is 9.84 Å². The Hall–Kier alpha value is -2.27.